The van der Waals surface area contributed by atoms with E-state index in [4.69, 9.17) is 0 Å². The first-order valence-electron chi connectivity index (χ1n) is 5.28. The molecule has 0 aliphatic heterocycles. The number of hydrogen-bond donors (Lipinski definition) is 1. The maximum atomic E-state index is 11.5. The summed E-state index contributed by atoms with van der Waals surface area (Å²) in [5.41, 5.74) is 1.65. The van der Waals surface area contributed by atoms with Gasteiger partial charge in [0.05, 0.1) is 5.69 Å². The summed E-state index contributed by atoms with van der Waals surface area (Å²) in [5, 5.41) is 3.24. The largest absolute Gasteiger partial charge is 0.311 e. The fraction of sp³-hybridized carbons (Fsp3) is 0.0769. The van der Waals surface area contributed by atoms with Crippen molar-refractivity contribution >= 4 is 21.4 Å². The van der Waals surface area contributed by atoms with Gasteiger partial charge in [0, 0.05) is 16.3 Å². The van der Waals surface area contributed by atoms with Crippen LogP contribution in [0.3, 0.4) is 0 Å². The second kappa shape index (κ2) is 3.82. The van der Waals surface area contributed by atoms with Crippen molar-refractivity contribution in [3.8, 4) is 11.3 Å². The van der Waals surface area contributed by atoms with Crippen molar-refractivity contribution in [2.45, 2.75) is 6.92 Å². The van der Waals surface area contributed by atoms with E-state index in [1.807, 2.05) is 17.5 Å². The first-order valence-corrected chi connectivity index (χ1v) is 6.16. The van der Waals surface area contributed by atoms with Gasteiger partial charge in [0.15, 0.2) is 0 Å². The lowest BCUT2D eigenvalue weighted by atomic mass is 10.1. The molecule has 84 valence electrons. The maximum Gasteiger partial charge on any atom is 0.251 e. The molecule has 4 heteroatoms. The number of aryl methyl sites for hydroxylation is 1. The summed E-state index contributed by atoms with van der Waals surface area (Å²) in [5.74, 6) is 0.640. The lowest BCUT2D eigenvalue weighted by molar-refractivity contribution is 1.03. The van der Waals surface area contributed by atoms with Crippen LogP contribution in [0.25, 0.3) is 21.3 Å². The summed E-state index contributed by atoms with van der Waals surface area (Å²) in [6.07, 6.45) is 0. The lowest BCUT2D eigenvalue weighted by Crippen LogP contribution is -2.08. The number of nitrogens with one attached hydrogen (secondary N) is 1. The molecule has 0 bridgehead atoms. The quantitative estimate of drug-likeness (QED) is 0.713. The van der Waals surface area contributed by atoms with E-state index < -0.39 is 0 Å². The first-order chi connectivity index (χ1) is 8.24. The SMILES string of the molecule is Cc1nc(-c2cccc3ccsc23)cc(=O)[nH]1. The molecule has 3 rings (SSSR count). The van der Waals surface area contributed by atoms with Crippen molar-refractivity contribution in [2.75, 3.05) is 0 Å². The number of hydrogen-bond acceptors (Lipinski definition) is 3. The number of benzene rings is 1. The zero-order valence-electron chi connectivity index (χ0n) is 9.23. The van der Waals surface area contributed by atoms with Crippen LogP contribution in [0.15, 0.2) is 40.5 Å². The minimum absolute atomic E-state index is 0.110. The molecule has 0 fully saturated rings. The van der Waals surface area contributed by atoms with Gasteiger partial charge in [-0.3, -0.25) is 4.79 Å². The molecule has 2 heterocycles. The third-order valence-corrected chi connectivity index (χ3v) is 3.58. The molecular formula is C13H10N2OS. The summed E-state index contributed by atoms with van der Waals surface area (Å²) in [7, 11) is 0. The van der Waals surface area contributed by atoms with Crippen molar-refractivity contribution in [1.29, 1.82) is 0 Å². The second-order valence-corrected chi connectivity index (χ2v) is 4.78. The van der Waals surface area contributed by atoms with Crippen molar-refractivity contribution in [2.24, 2.45) is 0 Å². The van der Waals surface area contributed by atoms with E-state index in [1.54, 1.807) is 24.3 Å². The van der Waals surface area contributed by atoms with Crippen molar-refractivity contribution < 1.29 is 0 Å². The average molecular weight is 242 g/mol. The van der Waals surface area contributed by atoms with Crippen molar-refractivity contribution in [3.05, 3.63) is 51.9 Å². The fourth-order valence-electron chi connectivity index (χ4n) is 1.91. The molecule has 0 atom stereocenters. The van der Waals surface area contributed by atoms with Crippen LogP contribution in [0.2, 0.25) is 0 Å². The third kappa shape index (κ3) is 1.76. The zero-order valence-corrected chi connectivity index (χ0v) is 10.0. The van der Waals surface area contributed by atoms with E-state index in [9.17, 15) is 4.79 Å². The monoisotopic (exact) mass is 242 g/mol. The van der Waals surface area contributed by atoms with Crippen LogP contribution in [0.5, 0.6) is 0 Å². The van der Waals surface area contributed by atoms with Crippen LogP contribution >= 0.6 is 11.3 Å². The molecule has 1 aromatic carbocycles. The minimum Gasteiger partial charge on any atom is -0.311 e. The van der Waals surface area contributed by atoms with E-state index in [0.717, 1.165) is 11.3 Å². The Labute approximate surface area is 102 Å². The molecule has 0 aliphatic carbocycles. The molecule has 3 nitrogen and oxygen atoms in total. The summed E-state index contributed by atoms with van der Waals surface area (Å²) in [4.78, 5) is 18.5. The Kier molecular flexibility index (Phi) is 2.30. The predicted molar refractivity (Wildman–Crippen MR) is 70.4 cm³/mol. The maximum absolute atomic E-state index is 11.5. The molecule has 0 amide bonds. The smallest absolute Gasteiger partial charge is 0.251 e. The van der Waals surface area contributed by atoms with Gasteiger partial charge in [0.1, 0.15) is 5.82 Å². The van der Waals surface area contributed by atoms with Gasteiger partial charge in [-0.15, -0.1) is 11.3 Å². The van der Waals surface area contributed by atoms with Gasteiger partial charge in [0.2, 0.25) is 0 Å². The van der Waals surface area contributed by atoms with Crippen LogP contribution < -0.4 is 5.56 Å². The Hall–Kier alpha value is -1.94. The molecule has 0 aliphatic rings. The Balaban J connectivity index is 2.33. The standard InChI is InChI=1S/C13H10N2OS/c1-8-14-11(7-12(16)15-8)10-4-2-3-9-5-6-17-13(9)10/h2-7H,1H3,(H,14,15,16). The first kappa shape index (κ1) is 10.2. The number of thiophene rings is 1. The van der Waals surface area contributed by atoms with E-state index in [-0.39, 0.29) is 5.56 Å². The normalized spacial score (nSPS) is 10.9. The Morgan fingerprint density at radius 1 is 1.29 bits per heavy atom. The lowest BCUT2D eigenvalue weighted by Gasteiger charge is -2.03. The Morgan fingerprint density at radius 2 is 2.18 bits per heavy atom. The number of aromatic nitrogens is 2. The molecule has 17 heavy (non-hydrogen) atoms. The highest BCUT2D eigenvalue weighted by Crippen LogP contribution is 2.30. The van der Waals surface area contributed by atoms with Gasteiger partial charge in [-0.25, -0.2) is 4.98 Å². The molecule has 0 saturated carbocycles. The number of rotatable bonds is 1. The van der Waals surface area contributed by atoms with E-state index in [2.05, 4.69) is 22.1 Å². The number of H-pyrrole nitrogens is 1. The summed E-state index contributed by atoms with van der Waals surface area (Å²) >= 11 is 1.67. The topological polar surface area (TPSA) is 45.8 Å². The second-order valence-electron chi connectivity index (χ2n) is 3.86. The van der Waals surface area contributed by atoms with Gasteiger partial charge in [0.25, 0.3) is 5.56 Å². The number of aromatic amines is 1. The van der Waals surface area contributed by atoms with Crippen LogP contribution in [-0.2, 0) is 0 Å². The summed E-state index contributed by atoms with van der Waals surface area (Å²) in [6.45, 7) is 1.79. The highest BCUT2D eigenvalue weighted by atomic mass is 32.1. The average Bonchev–Trinajstić information content (AvgIpc) is 2.75. The van der Waals surface area contributed by atoms with Crippen LogP contribution in [0, 0.1) is 6.92 Å². The van der Waals surface area contributed by atoms with Gasteiger partial charge in [-0.1, -0.05) is 18.2 Å². The minimum atomic E-state index is -0.110. The van der Waals surface area contributed by atoms with Gasteiger partial charge < -0.3 is 4.98 Å². The van der Waals surface area contributed by atoms with E-state index >= 15 is 0 Å². The number of fused-ring (bicyclic) bond motifs is 1. The van der Waals surface area contributed by atoms with Gasteiger partial charge in [-0.05, 0) is 23.8 Å². The highest BCUT2D eigenvalue weighted by molar-refractivity contribution is 7.17. The van der Waals surface area contributed by atoms with Crippen LogP contribution in [-0.4, -0.2) is 9.97 Å². The predicted octanol–water partition coefficient (Wildman–Crippen LogP) is 2.96. The molecule has 1 N–H and O–H groups in total. The molecular weight excluding hydrogens is 232 g/mol. The third-order valence-electron chi connectivity index (χ3n) is 2.62. The van der Waals surface area contributed by atoms with Gasteiger partial charge >= 0.3 is 0 Å². The van der Waals surface area contributed by atoms with E-state index in [0.29, 0.717) is 5.82 Å². The molecule has 0 unspecified atom stereocenters. The molecule has 3 aromatic rings. The summed E-state index contributed by atoms with van der Waals surface area (Å²) < 4.78 is 1.17. The van der Waals surface area contributed by atoms with E-state index in [1.165, 1.54) is 10.1 Å². The highest BCUT2D eigenvalue weighted by Gasteiger charge is 2.07. The zero-order chi connectivity index (χ0) is 11.8. The van der Waals surface area contributed by atoms with Gasteiger partial charge in [-0.2, -0.15) is 0 Å². The molecule has 0 spiro atoms. The Bertz CT molecular complexity index is 742. The van der Waals surface area contributed by atoms with Crippen molar-refractivity contribution in [1.82, 2.24) is 9.97 Å². The fourth-order valence-corrected chi connectivity index (χ4v) is 2.83. The summed E-state index contributed by atoms with van der Waals surface area (Å²) in [6, 6.07) is 9.67. The van der Waals surface area contributed by atoms with Crippen LogP contribution in [0.4, 0.5) is 0 Å². The molecule has 2 aromatic heterocycles. The van der Waals surface area contributed by atoms with Crippen molar-refractivity contribution in [3.63, 3.8) is 0 Å². The molecule has 0 radical (unpaired) electrons. The Morgan fingerprint density at radius 3 is 3.00 bits per heavy atom. The molecule has 0 saturated heterocycles. The van der Waals surface area contributed by atoms with Crippen LogP contribution in [0.1, 0.15) is 5.82 Å². The number of nitrogens with zero attached hydrogens (tertiary/aromatic N) is 1.